The largest absolute Gasteiger partial charge is 0.349 e. The number of imidazole rings is 1. The average Bonchev–Trinajstić information content (AvgIpc) is 3.02. The van der Waals surface area contributed by atoms with Gasteiger partial charge in [-0.3, -0.25) is 9.36 Å². The molecular weight excluding hydrogens is 264 g/mol. The van der Waals surface area contributed by atoms with Crippen molar-refractivity contribution in [1.29, 1.82) is 0 Å². The minimum Gasteiger partial charge on any atom is -0.349 e. The highest BCUT2D eigenvalue weighted by Gasteiger charge is 2.12. The van der Waals surface area contributed by atoms with Crippen LogP contribution in [-0.4, -0.2) is 46.5 Å². The maximum absolute atomic E-state index is 12.3. The van der Waals surface area contributed by atoms with Gasteiger partial charge in [-0.1, -0.05) is 32.0 Å². The van der Waals surface area contributed by atoms with Crippen molar-refractivity contribution >= 4 is 5.91 Å². The third-order valence-corrected chi connectivity index (χ3v) is 3.51. The highest BCUT2D eigenvalue weighted by molar-refractivity contribution is 5.92. The van der Waals surface area contributed by atoms with E-state index < -0.39 is 0 Å². The standard InChI is InChI=1S/C16H22N4O/c1-3-19(4-2)11-10-18-16(21)15-12-17-13-20(15)14-8-6-5-7-9-14/h5-9,12-13H,3-4,10-11H2,1-2H3,(H,18,21). The number of nitrogens with zero attached hydrogens (tertiary/aromatic N) is 3. The lowest BCUT2D eigenvalue weighted by atomic mass is 10.3. The van der Waals surface area contributed by atoms with Gasteiger partial charge >= 0.3 is 0 Å². The molecule has 2 aromatic rings. The van der Waals surface area contributed by atoms with Crippen LogP contribution >= 0.6 is 0 Å². The first kappa shape index (κ1) is 15.3. The number of nitrogens with one attached hydrogen (secondary N) is 1. The molecule has 2 rings (SSSR count). The highest BCUT2D eigenvalue weighted by Crippen LogP contribution is 2.10. The van der Waals surface area contributed by atoms with Gasteiger partial charge in [0.15, 0.2) is 0 Å². The van der Waals surface area contributed by atoms with Crippen LogP contribution in [0.4, 0.5) is 0 Å². The van der Waals surface area contributed by atoms with E-state index in [9.17, 15) is 4.79 Å². The molecule has 0 atom stereocenters. The lowest BCUT2D eigenvalue weighted by Gasteiger charge is -2.18. The zero-order chi connectivity index (χ0) is 15.1. The molecule has 21 heavy (non-hydrogen) atoms. The lowest BCUT2D eigenvalue weighted by molar-refractivity contribution is 0.0942. The summed E-state index contributed by atoms with van der Waals surface area (Å²) in [6, 6.07) is 9.74. The fraction of sp³-hybridized carbons (Fsp3) is 0.375. The summed E-state index contributed by atoms with van der Waals surface area (Å²) in [6.45, 7) is 7.73. The van der Waals surface area contributed by atoms with Crippen LogP contribution < -0.4 is 5.32 Å². The lowest BCUT2D eigenvalue weighted by Crippen LogP contribution is -2.35. The van der Waals surface area contributed by atoms with E-state index in [1.807, 2.05) is 30.3 Å². The van der Waals surface area contributed by atoms with Crippen LogP contribution in [0, 0.1) is 0 Å². The summed E-state index contributed by atoms with van der Waals surface area (Å²) in [5.41, 5.74) is 1.49. The molecule has 0 saturated heterocycles. The van der Waals surface area contributed by atoms with Gasteiger partial charge in [-0.05, 0) is 25.2 Å². The molecule has 0 aliphatic carbocycles. The SMILES string of the molecule is CCN(CC)CCNC(=O)c1cncn1-c1ccccc1. The van der Waals surface area contributed by atoms with Gasteiger partial charge in [0.2, 0.25) is 0 Å². The van der Waals surface area contributed by atoms with E-state index in [1.165, 1.54) is 0 Å². The van der Waals surface area contributed by atoms with Gasteiger partial charge in [0.25, 0.3) is 5.91 Å². The molecule has 1 N–H and O–H groups in total. The number of likely N-dealkylation sites (N-methyl/N-ethyl adjacent to an activating group) is 1. The molecule has 5 heteroatoms. The Morgan fingerprint density at radius 2 is 1.95 bits per heavy atom. The summed E-state index contributed by atoms with van der Waals surface area (Å²) in [5.74, 6) is -0.0940. The smallest absolute Gasteiger partial charge is 0.269 e. The van der Waals surface area contributed by atoms with E-state index in [-0.39, 0.29) is 5.91 Å². The normalized spacial score (nSPS) is 10.8. The molecule has 0 spiro atoms. The van der Waals surface area contributed by atoms with Crippen molar-refractivity contribution in [2.75, 3.05) is 26.2 Å². The van der Waals surface area contributed by atoms with Crippen LogP contribution in [0.5, 0.6) is 0 Å². The van der Waals surface area contributed by atoms with Crippen molar-refractivity contribution in [3.63, 3.8) is 0 Å². The summed E-state index contributed by atoms with van der Waals surface area (Å²) in [7, 11) is 0. The van der Waals surface area contributed by atoms with Gasteiger partial charge in [0.1, 0.15) is 5.69 Å². The van der Waals surface area contributed by atoms with Crippen LogP contribution in [0.25, 0.3) is 5.69 Å². The zero-order valence-electron chi connectivity index (χ0n) is 12.6. The van der Waals surface area contributed by atoms with Crippen LogP contribution in [0.3, 0.4) is 0 Å². The van der Waals surface area contributed by atoms with Crippen molar-refractivity contribution in [3.05, 3.63) is 48.5 Å². The van der Waals surface area contributed by atoms with E-state index in [1.54, 1.807) is 17.1 Å². The molecule has 0 aliphatic rings. The molecular formula is C16H22N4O. The highest BCUT2D eigenvalue weighted by atomic mass is 16.1. The number of hydrogen-bond acceptors (Lipinski definition) is 3. The molecule has 0 unspecified atom stereocenters. The van der Waals surface area contributed by atoms with Crippen LogP contribution in [0.2, 0.25) is 0 Å². The van der Waals surface area contributed by atoms with Crippen molar-refractivity contribution in [2.45, 2.75) is 13.8 Å². The van der Waals surface area contributed by atoms with Gasteiger partial charge in [0.05, 0.1) is 12.5 Å². The first-order valence-electron chi connectivity index (χ1n) is 7.34. The molecule has 0 bridgehead atoms. The molecule has 0 aliphatic heterocycles. The average molecular weight is 286 g/mol. The van der Waals surface area contributed by atoms with E-state index in [0.29, 0.717) is 12.2 Å². The van der Waals surface area contributed by atoms with Crippen LogP contribution in [0.15, 0.2) is 42.9 Å². The Morgan fingerprint density at radius 3 is 2.62 bits per heavy atom. The third-order valence-electron chi connectivity index (χ3n) is 3.51. The maximum Gasteiger partial charge on any atom is 0.269 e. The van der Waals surface area contributed by atoms with Gasteiger partial charge in [0, 0.05) is 18.8 Å². The van der Waals surface area contributed by atoms with Gasteiger partial charge in [-0.15, -0.1) is 0 Å². The summed E-state index contributed by atoms with van der Waals surface area (Å²) in [4.78, 5) is 18.6. The third kappa shape index (κ3) is 3.92. The molecule has 0 saturated carbocycles. The van der Waals surface area contributed by atoms with Crippen LogP contribution in [0.1, 0.15) is 24.3 Å². The molecule has 1 aromatic heterocycles. The molecule has 1 amide bonds. The molecule has 0 radical (unpaired) electrons. The summed E-state index contributed by atoms with van der Waals surface area (Å²) < 4.78 is 1.80. The predicted molar refractivity (Wildman–Crippen MR) is 83.7 cm³/mol. The van der Waals surface area contributed by atoms with E-state index in [4.69, 9.17) is 0 Å². The number of benzene rings is 1. The second kappa shape index (κ2) is 7.59. The Labute approximate surface area is 125 Å². The molecule has 5 nitrogen and oxygen atoms in total. The van der Waals surface area contributed by atoms with Crippen molar-refractivity contribution in [1.82, 2.24) is 19.8 Å². The Balaban J connectivity index is 1.99. The number of carbonyl (C=O) groups excluding carboxylic acids is 1. The molecule has 1 heterocycles. The summed E-state index contributed by atoms with van der Waals surface area (Å²) in [6.07, 6.45) is 3.26. The first-order valence-corrected chi connectivity index (χ1v) is 7.34. The van der Waals surface area contributed by atoms with E-state index >= 15 is 0 Å². The maximum atomic E-state index is 12.3. The van der Waals surface area contributed by atoms with Crippen molar-refractivity contribution in [3.8, 4) is 5.69 Å². The molecule has 0 fully saturated rings. The van der Waals surface area contributed by atoms with Gasteiger partial charge < -0.3 is 10.2 Å². The van der Waals surface area contributed by atoms with Gasteiger partial charge in [-0.25, -0.2) is 4.98 Å². The fourth-order valence-corrected chi connectivity index (χ4v) is 2.22. The number of rotatable bonds is 7. The van der Waals surface area contributed by atoms with E-state index in [2.05, 4.69) is 29.0 Å². The number of carbonyl (C=O) groups is 1. The van der Waals surface area contributed by atoms with Gasteiger partial charge in [-0.2, -0.15) is 0 Å². The second-order valence-electron chi connectivity index (χ2n) is 4.77. The number of hydrogen-bond donors (Lipinski definition) is 1. The Hall–Kier alpha value is -2.14. The quantitative estimate of drug-likeness (QED) is 0.846. The van der Waals surface area contributed by atoms with Crippen molar-refractivity contribution < 1.29 is 4.79 Å². The predicted octanol–water partition coefficient (Wildman–Crippen LogP) is 1.94. The number of amides is 1. The molecule has 112 valence electrons. The Kier molecular flexibility index (Phi) is 5.51. The number of aromatic nitrogens is 2. The minimum atomic E-state index is -0.0940. The number of para-hydroxylation sites is 1. The zero-order valence-corrected chi connectivity index (χ0v) is 12.6. The Morgan fingerprint density at radius 1 is 1.24 bits per heavy atom. The first-order chi connectivity index (χ1) is 10.3. The summed E-state index contributed by atoms with van der Waals surface area (Å²) >= 11 is 0. The Bertz CT molecular complexity index is 561. The van der Waals surface area contributed by atoms with Crippen LogP contribution in [-0.2, 0) is 0 Å². The minimum absolute atomic E-state index is 0.0940. The topological polar surface area (TPSA) is 50.2 Å². The fourth-order valence-electron chi connectivity index (χ4n) is 2.22. The van der Waals surface area contributed by atoms with E-state index in [0.717, 1.165) is 25.3 Å². The molecule has 1 aromatic carbocycles. The monoisotopic (exact) mass is 286 g/mol. The van der Waals surface area contributed by atoms with Crippen molar-refractivity contribution in [2.24, 2.45) is 0 Å². The second-order valence-corrected chi connectivity index (χ2v) is 4.77. The summed E-state index contributed by atoms with van der Waals surface area (Å²) in [5, 5.41) is 2.95.